The van der Waals surface area contributed by atoms with Gasteiger partial charge in [0.15, 0.2) is 11.5 Å². The van der Waals surface area contributed by atoms with Crippen LogP contribution in [0.3, 0.4) is 0 Å². The number of ether oxygens (including phenoxy) is 2. The molecule has 0 bridgehead atoms. The summed E-state index contributed by atoms with van der Waals surface area (Å²) < 4.78 is 10.4. The molecule has 1 saturated carbocycles. The molecule has 2 N–H and O–H groups in total. The second-order valence-corrected chi connectivity index (χ2v) is 5.04. The van der Waals surface area contributed by atoms with Gasteiger partial charge in [0.2, 0.25) is 5.91 Å². The summed E-state index contributed by atoms with van der Waals surface area (Å²) in [6.07, 6.45) is 3.83. The van der Waals surface area contributed by atoms with Gasteiger partial charge in [0.25, 0.3) is 0 Å². The Hall–Kier alpha value is -2.24. The standard InChI is InChI=1S/C15H19NO5/c1-20-12-8-10(15(18)19)7-11(13(12)21-2)16-14(17)9-5-3-4-6-9/h7-9H,3-6H2,1-2H3,(H,16,17)(H,18,19). The van der Waals surface area contributed by atoms with Crippen molar-refractivity contribution in [3.63, 3.8) is 0 Å². The van der Waals surface area contributed by atoms with Crippen molar-refractivity contribution in [1.29, 1.82) is 0 Å². The van der Waals surface area contributed by atoms with E-state index < -0.39 is 5.97 Å². The number of carbonyl (C=O) groups is 2. The number of methoxy groups -OCH3 is 2. The Labute approximate surface area is 123 Å². The number of aromatic carboxylic acids is 1. The molecule has 6 heteroatoms. The average Bonchev–Trinajstić information content (AvgIpc) is 3.00. The first kappa shape index (κ1) is 15.2. The third-order valence-corrected chi connectivity index (χ3v) is 3.71. The molecule has 0 radical (unpaired) electrons. The Morgan fingerprint density at radius 3 is 2.38 bits per heavy atom. The molecule has 21 heavy (non-hydrogen) atoms. The van der Waals surface area contributed by atoms with Gasteiger partial charge < -0.3 is 19.9 Å². The Balaban J connectivity index is 2.33. The smallest absolute Gasteiger partial charge is 0.335 e. The Morgan fingerprint density at radius 1 is 1.19 bits per heavy atom. The summed E-state index contributed by atoms with van der Waals surface area (Å²) in [6, 6.07) is 2.75. The minimum Gasteiger partial charge on any atom is -0.493 e. The number of carboxylic acids is 1. The molecule has 1 aliphatic rings. The monoisotopic (exact) mass is 293 g/mol. The second kappa shape index (κ2) is 6.47. The number of anilines is 1. The van der Waals surface area contributed by atoms with Crippen molar-refractivity contribution in [3.05, 3.63) is 17.7 Å². The fourth-order valence-corrected chi connectivity index (χ4v) is 2.60. The number of nitrogens with one attached hydrogen (secondary N) is 1. The Morgan fingerprint density at radius 2 is 1.86 bits per heavy atom. The van der Waals surface area contributed by atoms with Gasteiger partial charge in [-0.1, -0.05) is 12.8 Å². The molecule has 0 saturated heterocycles. The zero-order valence-corrected chi connectivity index (χ0v) is 12.1. The van der Waals surface area contributed by atoms with Gasteiger partial charge in [-0.2, -0.15) is 0 Å². The average molecular weight is 293 g/mol. The lowest BCUT2D eigenvalue weighted by molar-refractivity contribution is -0.119. The van der Waals surface area contributed by atoms with Crippen molar-refractivity contribution in [1.82, 2.24) is 0 Å². The number of benzene rings is 1. The van der Waals surface area contributed by atoms with Crippen molar-refractivity contribution in [2.24, 2.45) is 5.92 Å². The molecule has 1 fully saturated rings. The van der Waals surface area contributed by atoms with E-state index in [1.54, 1.807) is 0 Å². The van der Waals surface area contributed by atoms with E-state index in [2.05, 4.69) is 5.32 Å². The number of rotatable bonds is 5. The van der Waals surface area contributed by atoms with E-state index in [0.29, 0.717) is 11.4 Å². The van der Waals surface area contributed by atoms with Gasteiger partial charge in [0.1, 0.15) is 0 Å². The van der Waals surface area contributed by atoms with Gasteiger partial charge in [-0.25, -0.2) is 4.79 Å². The van der Waals surface area contributed by atoms with E-state index in [1.165, 1.54) is 26.4 Å². The first-order chi connectivity index (χ1) is 10.1. The summed E-state index contributed by atoms with van der Waals surface area (Å²) in [5.74, 6) is -0.607. The number of hydrogen-bond donors (Lipinski definition) is 2. The van der Waals surface area contributed by atoms with Gasteiger partial charge in [-0.05, 0) is 25.0 Å². The molecule has 1 aromatic carbocycles. The van der Waals surface area contributed by atoms with E-state index in [-0.39, 0.29) is 23.1 Å². The topological polar surface area (TPSA) is 84.9 Å². The molecule has 0 aromatic heterocycles. The molecular formula is C15H19NO5. The van der Waals surface area contributed by atoms with Crippen LogP contribution in [-0.4, -0.2) is 31.2 Å². The number of carbonyl (C=O) groups excluding carboxylic acids is 1. The predicted octanol–water partition coefficient (Wildman–Crippen LogP) is 2.53. The van der Waals surface area contributed by atoms with Crippen molar-refractivity contribution >= 4 is 17.6 Å². The maximum absolute atomic E-state index is 12.2. The summed E-state index contributed by atoms with van der Waals surface area (Å²) in [7, 11) is 2.87. The highest BCUT2D eigenvalue weighted by Gasteiger charge is 2.25. The second-order valence-electron chi connectivity index (χ2n) is 5.04. The summed E-state index contributed by atoms with van der Waals surface area (Å²) in [4.78, 5) is 23.4. The molecule has 1 aromatic rings. The summed E-state index contributed by atoms with van der Waals surface area (Å²) in [5.41, 5.74) is 0.362. The van der Waals surface area contributed by atoms with Gasteiger partial charge in [-0.3, -0.25) is 4.79 Å². The number of carboxylic acid groups (broad SMARTS) is 1. The van der Waals surface area contributed by atoms with E-state index >= 15 is 0 Å². The fraction of sp³-hybridized carbons (Fsp3) is 0.467. The lowest BCUT2D eigenvalue weighted by Gasteiger charge is -2.16. The molecule has 0 aliphatic heterocycles. The van der Waals surface area contributed by atoms with Crippen molar-refractivity contribution in [3.8, 4) is 11.5 Å². The van der Waals surface area contributed by atoms with Crippen molar-refractivity contribution < 1.29 is 24.2 Å². The summed E-state index contributed by atoms with van der Waals surface area (Å²) in [5, 5.41) is 11.9. The summed E-state index contributed by atoms with van der Waals surface area (Å²) in [6.45, 7) is 0. The van der Waals surface area contributed by atoms with Crippen molar-refractivity contribution in [2.45, 2.75) is 25.7 Å². The van der Waals surface area contributed by atoms with Gasteiger partial charge in [0.05, 0.1) is 25.5 Å². The minimum absolute atomic E-state index is 0.0193. The normalized spacial score (nSPS) is 14.8. The first-order valence-corrected chi connectivity index (χ1v) is 6.87. The van der Waals surface area contributed by atoms with Crippen LogP contribution in [0.15, 0.2) is 12.1 Å². The van der Waals surface area contributed by atoms with Crippen LogP contribution in [0, 0.1) is 5.92 Å². The third kappa shape index (κ3) is 3.26. The number of amides is 1. The first-order valence-electron chi connectivity index (χ1n) is 6.87. The third-order valence-electron chi connectivity index (χ3n) is 3.71. The predicted molar refractivity (Wildman–Crippen MR) is 77.1 cm³/mol. The van der Waals surface area contributed by atoms with Crippen molar-refractivity contribution in [2.75, 3.05) is 19.5 Å². The van der Waals surface area contributed by atoms with Crippen LogP contribution in [0.1, 0.15) is 36.0 Å². The number of hydrogen-bond acceptors (Lipinski definition) is 4. The molecule has 114 valence electrons. The van der Waals surface area contributed by atoms with Crippen LogP contribution in [0.2, 0.25) is 0 Å². The van der Waals surface area contributed by atoms with Crippen LogP contribution in [0.5, 0.6) is 11.5 Å². The Kier molecular flexibility index (Phi) is 4.67. The fourth-order valence-electron chi connectivity index (χ4n) is 2.60. The minimum atomic E-state index is -1.09. The van der Waals surface area contributed by atoms with Gasteiger partial charge in [0, 0.05) is 5.92 Å². The van der Waals surface area contributed by atoms with Crippen LogP contribution >= 0.6 is 0 Å². The highest BCUT2D eigenvalue weighted by molar-refractivity contribution is 5.97. The molecule has 0 unspecified atom stereocenters. The lowest BCUT2D eigenvalue weighted by Crippen LogP contribution is -2.21. The summed E-state index contributed by atoms with van der Waals surface area (Å²) >= 11 is 0. The maximum Gasteiger partial charge on any atom is 0.335 e. The zero-order valence-electron chi connectivity index (χ0n) is 12.1. The van der Waals surface area contributed by atoms with Crippen LogP contribution in [0.25, 0.3) is 0 Å². The van der Waals surface area contributed by atoms with E-state index in [9.17, 15) is 9.59 Å². The quantitative estimate of drug-likeness (QED) is 0.871. The van der Waals surface area contributed by atoms with E-state index in [4.69, 9.17) is 14.6 Å². The molecule has 0 atom stereocenters. The molecule has 1 amide bonds. The largest absolute Gasteiger partial charge is 0.493 e. The van der Waals surface area contributed by atoms with E-state index in [1.807, 2.05) is 0 Å². The Bertz CT molecular complexity index is 549. The van der Waals surface area contributed by atoms with Crippen LogP contribution in [0.4, 0.5) is 5.69 Å². The van der Waals surface area contributed by atoms with Crippen LogP contribution < -0.4 is 14.8 Å². The lowest BCUT2D eigenvalue weighted by atomic mass is 10.1. The SMILES string of the molecule is COc1cc(C(=O)O)cc(NC(=O)C2CCCC2)c1OC. The zero-order chi connectivity index (χ0) is 15.4. The molecule has 6 nitrogen and oxygen atoms in total. The molecular weight excluding hydrogens is 274 g/mol. The molecule has 0 heterocycles. The van der Waals surface area contributed by atoms with Crippen LogP contribution in [-0.2, 0) is 4.79 Å². The molecule has 0 spiro atoms. The highest BCUT2D eigenvalue weighted by atomic mass is 16.5. The highest BCUT2D eigenvalue weighted by Crippen LogP contribution is 2.37. The van der Waals surface area contributed by atoms with Gasteiger partial charge >= 0.3 is 5.97 Å². The van der Waals surface area contributed by atoms with E-state index in [0.717, 1.165) is 25.7 Å². The molecule has 1 aliphatic carbocycles. The van der Waals surface area contributed by atoms with Gasteiger partial charge in [-0.15, -0.1) is 0 Å². The molecule has 2 rings (SSSR count). The maximum atomic E-state index is 12.2.